The summed E-state index contributed by atoms with van der Waals surface area (Å²) in [5.74, 6) is 1.07. The molecule has 0 aliphatic rings. The molecule has 0 aliphatic heterocycles. The lowest BCUT2D eigenvalue weighted by molar-refractivity contribution is 0.458. The fourth-order valence-corrected chi connectivity index (χ4v) is 1.89. The van der Waals surface area contributed by atoms with Crippen LogP contribution in [0.15, 0.2) is 22.6 Å². The standard InChI is InChI=1S/C11H11Cl2N3O/c12-8-2-1-7(9(13)6-8)5-11-16-15-10(17-11)3-4-14/h1-2,6H,3-5,14H2. The van der Waals surface area contributed by atoms with Crippen molar-refractivity contribution in [3.63, 3.8) is 0 Å². The van der Waals surface area contributed by atoms with E-state index in [0.717, 1.165) is 5.56 Å². The van der Waals surface area contributed by atoms with Crippen LogP contribution in [-0.4, -0.2) is 16.7 Å². The zero-order valence-electron chi connectivity index (χ0n) is 8.99. The molecule has 2 aromatic rings. The van der Waals surface area contributed by atoms with Crippen molar-refractivity contribution in [2.45, 2.75) is 12.8 Å². The number of rotatable bonds is 4. The van der Waals surface area contributed by atoms with Crippen LogP contribution < -0.4 is 5.73 Å². The molecule has 0 amide bonds. The van der Waals surface area contributed by atoms with Gasteiger partial charge in [0.15, 0.2) is 0 Å². The monoisotopic (exact) mass is 271 g/mol. The van der Waals surface area contributed by atoms with E-state index < -0.39 is 0 Å². The molecule has 1 aromatic carbocycles. The highest BCUT2D eigenvalue weighted by Gasteiger charge is 2.09. The Balaban J connectivity index is 2.13. The van der Waals surface area contributed by atoms with E-state index in [1.807, 2.05) is 6.07 Å². The minimum Gasteiger partial charge on any atom is -0.425 e. The molecule has 0 aliphatic carbocycles. The number of nitrogens with two attached hydrogens (primary N) is 1. The normalized spacial score (nSPS) is 10.8. The van der Waals surface area contributed by atoms with Crippen molar-refractivity contribution < 1.29 is 4.42 Å². The van der Waals surface area contributed by atoms with Gasteiger partial charge in [-0.05, 0) is 17.7 Å². The van der Waals surface area contributed by atoms with Gasteiger partial charge in [-0.2, -0.15) is 0 Å². The lowest BCUT2D eigenvalue weighted by Gasteiger charge is -2.01. The number of benzene rings is 1. The Labute approximate surface area is 109 Å². The Morgan fingerprint density at radius 2 is 1.94 bits per heavy atom. The third kappa shape index (κ3) is 3.19. The molecule has 0 saturated heterocycles. The Morgan fingerprint density at radius 3 is 2.65 bits per heavy atom. The SMILES string of the molecule is NCCc1nnc(Cc2ccc(Cl)cc2Cl)o1. The van der Waals surface area contributed by atoms with Gasteiger partial charge < -0.3 is 10.2 Å². The summed E-state index contributed by atoms with van der Waals surface area (Å²) in [5, 5.41) is 9.01. The van der Waals surface area contributed by atoms with Crippen LogP contribution in [0, 0.1) is 0 Å². The van der Waals surface area contributed by atoms with Crippen molar-refractivity contribution in [3.05, 3.63) is 45.6 Å². The Hall–Kier alpha value is -1.10. The van der Waals surface area contributed by atoms with Crippen molar-refractivity contribution in [1.82, 2.24) is 10.2 Å². The first-order valence-electron chi connectivity index (χ1n) is 5.14. The van der Waals surface area contributed by atoms with Gasteiger partial charge in [-0.1, -0.05) is 29.3 Å². The molecule has 1 aromatic heterocycles. The Kier molecular flexibility index (Phi) is 3.99. The van der Waals surface area contributed by atoms with Crippen LogP contribution in [-0.2, 0) is 12.8 Å². The molecule has 0 spiro atoms. The fourth-order valence-electron chi connectivity index (χ4n) is 1.41. The summed E-state index contributed by atoms with van der Waals surface area (Å²) < 4.78 is 5.42. The molecule has 2 N–H and O–H groups in total. The summed E-state index contributed by atoms with van der Waals surface area (Å²) >= 11 is 11.9. The Morgan fingerprint density at radius 1 is 1.18 bits per heavy atom. The van der Waals surface area contributed by atoms with Crippen LogP contribution in [0.2, 0.25) is 10.0 Å². The second kappa shape index (κ2) is 5.49. The van der Waals surface area contributed by atoms with E-state index in [1.54, 1.807) is 12.1 Å². The van der Waals surface area contributed by atoms with Gasteiger partial charge in [0.2, 0.25) is 11.8 Å². The van der Waals surface area contributed by atoms with Crippen molar-refractivity contribution in [2.24, 2.45) is 5.73 Å². The van der Waals surface area contributed by atoms with Crippen LogP contribution in [0.1, 0.15) is 17.3 Å². The van der Waals surface area contributed by atoms with Crippen LogP contribution in [0.5, 0.6) is 0 Å². The number of aromatic nitrogens is 2. The second-order valence-electron chi connectivity index (χ2n) is 3.54. The molecule has 0 atom stereocenters. The van der Waals surface area contributed by atoms with Crippen LogP contribution in [0.4, 0.5) is 0 Å². The summed E-state index contributed by atoms with van der Waals surface area (Å²) in [7, 11) is 0. The van der Waals surface area contributed by atoms with Gasteiger partial charge >= 0.3 is 0 Å². The van der Waals surface area contributed by atoms with E-state index in [0.29, 0.717) is 41.2 Å². The molecule has 17 heavy (non-hydrogen) atoms. The summed E-state index contributed by atoms with van der Waals surface area (Å²) in [6.07, 6.45) is 1.08. The van der Waals surface area contributed by atoms with Gasteiger partial charge in [-0.25, -0.2) is 0 Å². The van der Waals surface area contributed by atoms with Crippen molar-refractivity contribution in [1.29, 1.82) is 0 Å². The largest absolute Gasteiger partial charge is 0.425 e. The molecule has 0 saturated carbocycles. The lowest BCUT2D eigenvalue weighted by Crippen LogP contribution is -2.02. The van der Waals surface area contributed by atoms with E-state index in [1.165, 1.54) is 0 Å². The molecular formula is C11H11Cl2N3O. The van der Waals surface area contributed by atoms with Crippen molar-refractivity contribution in [2.75, 3.05) is 6.54 Å². The molecule has 1 heterocycles. The predicted octanol–water partition coefficient (Wildman–Crippen LogP) is 2.47. The molecular weight excluding hydrogens is 261 g/mol. The van der Waals surface area contributed by atoms with Crippen LogP contribution >= 0.6 is 23.2 Å². The average Bonchev–Trinajstić information content (AvgIpc) is 2.71. The topological polar surface area (TPSA) is 64.9 Å². The smallest absolute Gasteiger partial charge is 0.220 e. The van der Waals surface area contributed by atoms with E-state index in [9.17, 15) is 0 Å². The van der Waals surface area contributed by atoms with Crippen LogP contribution in [0.3, 0.4) is 0 Å². The number of halogens is 2. The highest BCUT2D eigenvalue weighted by atomic mass is 35.5. The summed E-state index contributed by atoms with van der Waals surface area (Å²) in [6, 6.07) is 5.31. The summed E-state index contributed by atoms with van der Waals surface area (Å²) in [6.45, 7) is 0.489. The maximum atomic E-state index is 6.05. The first kappa shape index (κ1) is 12.4. The van der Waals surface area contributed by atoms with Gasteiger partial charge in [0, 0.05) is 23.0 Å². The molecule has 0 fully saturated rings. The predicted molar refractivity (Wildman–Crippen MR) is 66.3 cm³/mol. The minimum absolute atomic E-state index is 0.489. The third-order valence-electron chi connectivity index (χ3n) is 2.22. The van der Waals surface area contributed by atoms with Crippen LogP contribution in [0.25, 0.3) is 0 Å². The molecule has 4 nitrogen and oxygen atoms in total. The highest BCUT2D eigenvalue weighted by Crippen LogP contribution is 2.23. The van der Waals surface area contributed by atoms with Gasteiger partial charge in [0.05, 0.1) is 6.42 Å². The van der Waals surface area contributed by atoms with Gasteiger partial charge in [-0.3, -0.25) is 0 Å². The zero-order valence-corrected chi connectivity index (χ0v) is 10.5. The van der Waals surface area contributed by atoms with Gasteiger partial charge in [-0.15, -0.1) is 10.2 Å². The first-order valence-corrected chi connectivity index (χ1v) is 5.90. The zero-order chi connectivity index (χ0) is 12.3. The first-order chi connectivity index (χ1) is 8.19. The molecule has 90 valence electrons. The lowest BCUT2D eigenvalue weighted by atomic mass is 10.1. The minimum atomic E-state index is 0.489. The van der Waals surface area contributed by atoms with Crippen molar-refractivity contribution >= 4 is 23.2 Å². The number of nitrogens with zero attached hydrogens (tertiary/aromatic N) is 2. The maximum Gasteiger partial charge on any atom is 0.220 e. The molecule has 0 unspecified atom stereocenters. The van der Waals surface area contributed by atoms with E-state index >= 15 is 0 Å². The highest BCUT2D eigenvalue weighted by molar-refractivity contribution is 6.35. The number of hydrogen-bond donors (Lipinski definition) is 1. The second-order valence-corrected chi connectivity index (χ2v) is 4.38. The third-order valence-corrected chi connectivity index (χ3v) is 2.81. The van der Waals surface area contributed by atoms with Crippen molar-refractivity contribution in [3.8, 4) is 0 Å². The molecule has 0 radical (unpaired) electrons. The average molecular weight is 272 g/mol. The fraction of sp³-hybridized carbons (Fsp3) is 0.273. The quantitative estimate of drug-likeness (QED) is 0.928. The molecule has 2 rings (SSSR count). The maximum absolute atomic E-state index is 6.05. The van der Waals surface area contributed by atoms with E-state index in [2.05, 4.69) is 10.2 Å². The Bertz CT molecular complexity index is 513. The molecule has 0 bridgehead atoms. The summed E-state index contributed by atoms with van der Waals surface area (Å²) in [4.78, 5) is 0. The van der Waals surface area contributed by atoms with E-state index in [-0.39, 0.29) is 0 Å². The van der Waals surface area contributed by atoms with E-state index in [4.69, 9.17) is 33.4 Å². The van der Waals surface area contributed by atoms with Gasteiger partial charge in [0.1, 0.15) is 0 Å². The van der Waals surface area contributed by atoms with Gasteiger partial charge in [0.25, 0.3) is 0 Å². The summed E-state index contributed by atoms with van der Waals surface area (Å²) in [5.41, 5.74) is 6.30. The number of hydrogen-bond acceptors (Lipinski definition) is 4. The molecule has 6 heteroatoms.